The molecule has 0 aromatic heterocycles. The fraction of sp³-hybridized carbons (Fsp3) is 0.632. The molecule has 2 aliphatic rings. The third-order valence-electron chi connectivity index (χ3n) is 4.45. The fourth-order valence-electron chi connectivity index (χ4n) is 3.10. The van der Waals surface area contributed by atoms with E-state index in [4.69, 9.17) is 10.6 Å². The highest BCUT2D eigenvalue weighted by atomic mass is 32.7. The van der Waals surface area contributed by atoms with Crippen LogP contribution in [0.4, 0.5) is 0 Å². The van der Waals surface area contributed by atoms with Gasteiger partial charge >= 0.3 is 0 Å². The topological polar surface area (TPSA) is 38.8 Å². The monoisotopic (exact) mass is 414 g/mol. The van der Waals surface area contributed by atoms with Gasteiger partial charge in [0.25, 0.3) is 0 Å². The predicted octanol–water partition coefficient (Wildman–Crippen LogP) is 5.20. The first-order valence-corrected chi connectivity index (χ1v) is 13.0. The maximum absolute atomic E-state index is 12.2. The molecule has 4 atom stereocenters. The molecule has 3 rings (SSSR count). The minimum absolute atomic E-state index is 0.0234. The van der Waals surface area contributed by atoms with Gasteiger partial charge in [-0.1, -0.05) is 53.5 Å². The van der Waals surface area contributed by atoms with Gasteiger partial charge in [0.1, 0.15) is 0 Å². The summed E-state index contributed by atoms with van der Waals surface area (Å²) >= 11 is 3.22. The third-order valence-corrected chi connectivity index (χ3v) is 9.70. The van der Waals surface area contributed by atoms with Gasteiger partial charge < -0.3 is 9.26 Å². The maximum atomic E-state index is 12.2. The summed E-state index contributed by atoms with van der Waals surface area (Å²) < 4.78 is 22.5. The number of carbonyl (C=O) groups excluding carboxylic acids is 1. The lowest BCUT2D eigenvalue weighted by Crippen LogP contribution is -2.23. The summed E-state index contributed by atoms with van der Waals surface area (Å²) in [5, 5.41) is 0.134. The molecule has 0 N–H and O–H groups in total. The summed E-state index contributed by atoms with van der Waals surface area (Å²) in [6, 6.07) is 9.46. The highest BCUT2D eigenvalue weighted by Gasteiger charge is 2.35. The molecule has 2 saturated heterocycles. The van der Waals surface area contributed by atoms with Crippen molar-refractivity contribution in [2.24, 2.45) is 0 Å². The van der Waals surface area contributed by atoms with Crippen LogP contribution in [-0.4, -0.2) is 52.7 Å². The van der Waals surface area contributed by atoms with Crippen LogP contribution in [0.1, 0.15) is 44.8 Å². The zero-order chi connectivity index (χ0) is 19.1. The molecule has 2 fully saturated rings. The number of nitrogens with zero attached hydrogens (tertiary/aromatic N) is 1. The molecular weight excluding hydrogens is 385 g/mol. The van der Waals surface area contributed by atoms with Gasteiger partial charge in [0.2, 0.25) is 5.12 Å². The summed E-state index contributed by atoms with van der Waals surface area (Å²) in [4.78, 5) is 12.2. The molecule has 2 heterocycles. The smallest absolute Gasteiger partial charge is 0.219 e. The lowest BCUT2D eigenvalue weighted by Gasteiger charge is -2.29. The molecule has 7 heteroatoms. The number of hydrogen-bond donors (Lipinski definition) is 0. The molecule has 0 saturated carbocycles. The Balaban J connectivity index is 1.48. The Morgan fingerprint density at radius 3 is 2.85 bits per heavy atom. The van der Waals surface area contributed by atoms with E-state index < -0.39 is 7.50 Å². The Morgan fingerprint density at radius 2 is 2.12 bits per heavy atom. The van der Waals surface area contributed by atoms with E-state index in [1.54, 1.807) is 0 Å². The van der Waals surface area contributed by atoms with Gasteiger partial charge in [-0.2, -0.15) is 0 Å². The van der Waals surface area contributed by atoms with Crippen LogP contribution in [0.25, 0.3) is 0 Å². The van der Waals surface area contributed by atoms with Crippen molar-refractivity contribution in [2.75, 3.05) is 24.6 Å². The number of thioether (sulfide) groups is 1. The average Bonchev–Trinajstić information content (AvgIpc) is 3.34. The largest absolute Gasteiger partial charge is 0.373 e. The third kappa shape index (κ3) is 5.95. The molecular formula is C19H28NO3PS2. The fourth-order valence-corrected chi connectivity index (χ4v) is 8.43. The van der Waals surface area contributed by atoms with Crippen molar-refractivity contribution in [2.45, 2.75) is 51.4 Å². The molecule has 0 bridgehead atoms. The Hall–Kier alpha value is -0.100. The van der Waals surface area contributed by atoms with Crippen LogP contribution in [0.15, 0.2) is 30.3 Å². The summed E-state index contributed by atoms with van der Waals surface area (Å²) in [6.45, 7) is 4.49. The molecule has 0 aliphatic carbocycles. The summed E-state index contributed by atoms with van der Waals surface area (Å²) in [7, 11) is -0.747. The first-order chi connectivity index (χ1) is 13.2. The second-order valence-electron chi connectivity index (χ2n) is 6.60. The zero-order valence-corrected chi connectivity index (χ0v) is 17.7. The summed E-state index contributed by atoms with van der Waals surface area (Å²) in [5.41, 5.74) is 0.765. The lowest BCUT2D eigenvalue weighted by atomic mass is 10.2. The second kappa shape index (κ2) is 10.4. The van der Waals surface area contributed by atoms with Gasteiger partial charge in [-0.15, -0.1) is 0 Å². The van der Waals surface area contributed by atoms with Crippen LogP contribution in [0.5, 0.6) is 0 Å². The number of rotatable bonds is 8. The SMILES string of the molecule is [2H]C[C@H]1O[C@@H](C)C[C@H]1OP(SCCSC(=O)c1ccccc1)N1CCCC1. The lowest BCUT2D eigenvalue weighted by molar-refractivity contribution is 0.0381. The number of carbonyl (C=O) groups is 1. The first kappa shape index (κ1) is 19.2. The van der Waals surface area contributed by atoms with Gasteiger partial charge in [-0.25, -0.2) is 0 Å². The van der Waals surface area contributed by atoms with Crippen molar-refractivity contribution in [3.8, 4) is 0 Å². The van der Waals surface area contributed by atoms with E-state index >= 15 is 0 Å². The molecule has 0 radical (unpaired) electrons. The minimum atomic E-state index is -0.747. The van der Waals surface area contributed by atoms with Crippen molar-refractivity contribution in [1.29, 1.82) is 0 Å². The van der Waals surface area contributed by atoms with Crippen LogP contribution < -0.4 is 0 Å². The van der Waals surface area contributed by atoms with E-state index in [1.165, 1.54) is 24.6 Å². The van der Waals surface area contributed by atoms with E-state index in [-0.39, 0.29) is 30.3 Å². The number of hydrogen-bond acceptors (Lipinski definition) is 6. The van der Waals surface area contributed by atoms with Crippen molar-refractivity contribution in [3.05, 3.63) is 35.9 Å². The van der Waals surface area contributed by atoms with Crippen molar-refractivity contribution in [1.82, 2.24) is 4.67 Å². The van der Waals surface area contributed by atoms with Crippen LogP contribution >= 0.6 is 30.6 Å². The normalized spacial score (nSPS) is 28.2. The molecule has 1 unspecified atom stereocenters. The predicted molar refractivity (Wildman–Crippen MR) is 113 cm³/mol. The standard InChI is InChI=1S/C19H28NO3PS2/c1-15-14-18(16(2)22-15)23-24(20-10-6-7-11-20)26-13-12-25-19(21)17-8-4-3-5-9-17/h3-5,8-9,15-16,18H,6-7,10-14H2,1-2H3/t15-,16+,18+,24?/m0/s1/i2D. The van der Waals surface area contributed by atoms with Gasteiger partial charge in [-0.3, -0.25) is 9.46 Å². The van der Waals surface area contributed by atoms with Crippen molar-refractivity contribution < 1.29 is 15.4 Å². The maximum Gasteiger partial charge on any atom is 0.219 e. The van der Waals surface area contributed by atoms with Crippen LogP contribution in [0.3, 0.4) is 0 Å². The highest BCUT2D eigenvalue weighted by Crippen LogP contribution is 2.57. The first-order valence-electron chi connectivity index (χ1n) is 9.89. The van der Waals surface area contributed by atoms with Crippen molar-refractivity contribution in [3.63, 3.8) is 0 Å². The number of benzene rings is 1. The average molecular weight is 415 g/mol. The van der Waals surface area contributed by atoms with Gasteiger partial charge in [-0.05, 0) is 26.7 Å². The molecule has 0 amide bonds. The van der Waals surface area contributed by atoms with Gasteiger partial charge in [0.15, 0.2) is 7.50 Å². The van der Waals surface area contributed by atoms with Crippen LogP contribution in [0.2, 0.25) is 0 Å². The molecule has 0 spiro atoms. The Morgan fingerprint density at radius 1 is 1.35 bits per heavy atom. The van der Waals surface area contributed by atoms with E-state index in [9.17, 15) is 4.79 Å². The van der Waals surface area contributed by atoms with E-state index in [0.29, 0.717) is 0 Å². The molecule has 144 valence electrons. The van der Waals surface area contributed by atoms with Crippen LogP contribution in [-0.2, 0) is 9.26 Å². The summed E-state index contributed by atoms with van der Waals surface area (Å²) in [5.74, 6) is 1.67. The molecule has 1 aromatic carbocycles. The molecule has 4 nitrogen and oxygen atoms in total. The highest BCUT2D eigenvalue weighted by molar-refractivity contribution is 8.53. The Bertz CT molecular complexity index is 592. The molecule has 26 heavy (non-hydrogen) atoms. The zero-order valence-electron chi connectivity index (χ0n) is 16.2. The van der Waals surface area contributed by atoms with Gasteiger partial charge in [0, 0.05) is 38.0 Å². The minimum Gasteiger partial charge on any atom is -0.373 e. The Kier molecular flexibility index (Phi) is 7.72. The molecule has 1 aromatic rings. The Labute approximate surface area is 167 Å². The van der Waals surface area contributed by atoms with E-state index in [0.717, 1.165) is 36.6 Å². The number of ether oxygens (including phenoxy) is 1. The van der Waals surface area contributed by atoms with E-state index in [2.05, 4.69) is 11.6 Å². The molecule has 2 aliphatic heterocycles. The van der Waals surface area contributed by atoms with Crippen molar-refractivity contribution >= 4 is 35.8 Å². The second-order valence-corrected chi connectivity index (χ2v) is 11.3. The quantitative estimate of drug-likeness (QED) is 0.430. The van der Waals surface area contributed by atoms with E-state index in [1.807, 2.05) is 41.7 Å². The summed E-state index contributed by atoms with van der Waals surface area (Å²) in [6.07, 6.45) is 3.41. The van der Waals surface area contributed by atoms with Gasteiger partial charge in [0.05, 0.1) is 18.3 Å². The van der Waals surface area contributed by atoms with Crippen LogP contribution in [0, 0.1) is 0 Å².